The van der Waals surface area contributed by atoms with Crippen molar-refractivity contribution in [1.29, 1.82) is 0 Å². The van der Waals surface area contributed by atoms with Gasteiger partial charge in [0.05, 0.1) is 24.6 Å². The Hall–Kier alpha value is -2.25. The zero-order chi connectivity index (χ0) is 18.4. The molecule has 1 aliphatic rings. The quantitative estimate of drug-likeness (QED) is 0.691. The number of imidazole rings is 1. The maximum atomic E-state index is 13.6. The molecule has 8 heteroatoms. The van der Waals surface area contributed by atoms with Gasteiger partial charge in [-0.1, -0.05) is 11.6 Å². The first-order chi connectivity index (χ1) is 12.5. The number of aliphatic hydroxyl groups is 1. The third kappa shape index (κ3) is 3.01. The first-order valence-electron chi connectivity index (χ1n) is 8.45. The van der Waals surface area contributed by atoms with E-state index in [9.17, 15) is 9.50 Å². The second-order valence-corrected chi connectivity index (χ2v) is 6.93. The van der Waals surface area contributed by atoms with Crippen molar-refractivity contribution in [2.45, 2.75) is 38.2 Å². The number of fused-ring (bicyclic) bond motifs is 1. The Morgan fingerprint density at radius 3 is 2.77 bits per heavy atom. The zero-order valence-corrected chi connectivity index (χ0v) is 15.2. The lowest BCUT2D eigenvalue weighted by molar-refractivity contribution is 0.194. The molecule has 136 valence electrons. The molecule has 0 amide bonds. The van der Waals surface area contributed by atoms with E-state index in [1.165, 1.54) is 6.07 Å². The average Bonchev–Trinajstić information content (AvgIpc) is 3.38. The Kier molecular flexibility index (Phi) is 4.28. The number of hydrogen-bond donors (Lipinski definition) is 1. The molecule has 3 heterocycles. The van der Waals surface area contributed by atoms with Gasteiger partial charge in [0, 0.05) is 18.4 Å². The largest absolute Gasteiger partial charge is 0.495 e. The minimum Gasteiger partial charge on any atom is -0.495 e. The third-order valence-corrected chi connectivity index (χ3v) is 4.66. The van der Waals surface area contributed by atoms with Gasteiger partial charge in [-0.05, 0) is 31.9 Å². The minimum absolute atomic E-state index is 0.212. The van der Waals surface area contributed by atoms with Crippen LogP contribution in [0, 0.1) is 5.82 Å². The summed E-state index contributed by atoms with van der Waals surface area (Å²) in [4.78, 5) is 8.74. The van der Waals surface area contributed by atoms with Crippen LogP contribution >= 0.6 is 11.6 Å². The fourth-order valence-corrected chi connectivity index (χ4v) is 3.20. The highest BCUT2D eigenvalue weighted by Gasteiger charge is 2.30. The van der Waals surface area contributed by atoms with Gasteiger partial charge in [0.25, 0.3) is 0 Å². The molecule has 3 aromatic rings. The third-order valence-electron chi connectivity index (χ3n) is 4.39. The molecule has 0 saturated heterocycles. The van der Waals surface area contributed by atoms with E-state index >= 15 is 0 Å². The summed E-state index contributed by atoms with van der Waals surface area (Å²) in [7, 11) is 1.61. The molecule has 0 aromatic carbocycles. The number of pyridine rings is 1. The molecule has 0 radical (unpaired) electrons. The maximum Gasteiger partial charge on any atom is 0.165 e. The van der Waals surface area contributed by atoms with Crippen molar-refractivity contribution in [3.63, 3.8) is 0 Å². The Morgan fingerprint density at radius 1 is 1.38 bits per heavy atom. The van der Waals surface area contributed by atoms with Crippen LogP contribution in [0.1, 0.15) is 37.1 Å². The van der Waals surface area contributed by atoms with Crippen LogP contribution in [0.25, 0.3) is 17.0 Å². The van der Waals surface area contributed by atoms with Gasteiger partial charge in [0.15, 0.2) is 16.6 Å². The van der Waals surface area contributed by atoms with E-state index in [4.69, 9.17) is 21.4 Å². The molecular formula is C18H18ClFN4O2. The predicted molar refractivity (Wildman–Crippen MR) is 95.1 cm³/mol. The van der Waals surface area contributed by atoms with E-state index in [1.54, 1.807) is 24.6 Å². The molecule has 0 spiro atoms. The number of rotatable bonds is 5. The summed E-state index contributed by atoms with van der Waals surface area (Å²) in [6, 6.07) is 4.64. The van der Waals surface area contributed by atoms with Gasteiger partial charge < -0.3 is 9.84 Å². The van der Waals surface area contributed by atoms with Crippen LogP contribution in [0.5, 0.6) is 5.75 Å². The van der Waals surface area contributed by atoms with Gasteiger partial charge >= 0.3 is 0 Å². The molecule has 0 aliphatic heterocycles. The molecule has 0 bridgehead atoms. The molecule has 26 heavy (non-hydrogen) atoms. The number of aliphatic hydroxyl groups excluding tert-OH is 1. The zero-order valence-electron chi connectivity index (χ0n) is 14.4. The Balaban J connectivity index is 1.97. The van der Waals surface area contributed by atoms with Crippen LogP contribution in [0.4, 0.5) is 4.39 Å². The van der Waals surface area contributed by atoms with Crippen molar-refractivity contribution in [3.8, 4) is 17.1 Å². The van der Waals surface area contributed by atoms with Gasteiger partial charge in [-0.3, -0.25) is 0 Å². The summed E-state index contributed by atoms with van der Waals surface area (Å²) in [5, 5.41) is 14.4. The lowest BCUT2D eigenvalue weighted by atomic mass is 10.1. The van der Waals surface area contributed by atoms with Crippen LogP contribution in [0.3, 0.4) is 0 Å². The maximum absolute atomic E-state index is 13.6. The summed E-state index contributed by atoms with van der Waals surface area (Å²) in [6.07, 6.45) is 1.86. The van der Waals surface area contributed by atoms with Gasteiger partial charge in [-0.25, -0.2) is 18.9 Å². The lowest BCUT2D eigenvalue weighted by Crippen LogP contribution is -2.07. The SMILES string of the molecule is COc1cc2nc(CC(C)O)c(-c3ccc(F)c(Cl)n3)n2nc1C1CC1. The van der Waals surface area contributed by atoms with Crippen molar-refractivity contribution in [3.05, 3.63) is 40.6 Å². The first kappa shape index (κ1) is 17.2. The highest BCUT2D eigenvalue weighted by molar-refractivity contribution is 6.29. The molecule has 1 atom stereocenters. The Labute approximate surface area is 154 Å². The number of hydrogen-bond acceptors (Lipinski definition) is 5. The fourth-order valence-electron chi connectivity index (χ4n) is 3.05. The number of halogens is 2. The van der Waals surface area contributed by atoms with E-state index < -0.39 is 11.9 Å². The van der Waals surface area contributed by atoms with Crippen LogP contribution in [0.15, 0.2) is 18.2 Å². The molecule has 1 N–H and O–H groups in total. The van der Waals surface area contributed by atoms with E-state index in [2.05, 4.69) is 9.97 Å². The minimum atomic E-state index is -0.598. The number of aromatic nitrogens is 4. The molecule has 6 nitrogen and oxygen atoms in total. The number of nitrogens with zero attached hydrogens (tertiary/aromatic N) is 4. The molecular weight excluding hydrogens is 359 g/mol. The second-order valence-electron chi connectivity index (χ2n) is 6.57. The topological polar surface area (TPSA) is 72.5 Å². The highest BCUT2D eigenvalue weighted by Crippen LogP contribution is 2.43. The van der Waals surface area contributed by atoms with Crippen molar-refractivity contribution in [2.24, 2.45) is 0 Å². The van der Waals surface area contributed by atoms with Crippen LogP contribution < -0.4 is 4.74 Å². The normalized spacial score (nSPS) is 15.4. The monoisotopic (exact) mass is 376 g/mol. The van der Waals surface area contributed by atoms with Crippen LogP contribution in [0.2, 0.25) is 5.15 Å². The summed E-state index contributed by atoms with van der Waals surface area (Å²) in [5.74, 6) is 0.481. The van der Waals surface area contributed by atoms with Gasteiger partial charge in [-0.2, -0.15) is 5.10 Å². The molecule has 1 unspecified atom stereocenters. The number of ether oxygens (including phenoxy) is 1. The van der Waals surface area contributed by atoms with Gasteiger partial charge in [-0.15, -0.1) is 0 Å². The Bertz CT molecular complexity index is 985. The van der Waals surface area contributed by atoms with Crippen molar-refractivity contribution in [2.75, 3.05) is 7.11 Å². The second kappa shape index (κ2) is 6.48. The average molecular weight is 377 g/mol. The molecule has 1 aliphatic carbocycles. The van der Waals surface area contributed by atoms with E-state index in [1.807, 2.05) is 6.07 Å². The Morgan fingerprint density at radius 2 is 2.15 bits per heavy atom. The van der Waals surface area contributed by atoms with Crippen LogP contribution in [-0.4, -0.2) is 37.9 Å². The van der Waals surface area contributed by atoms with E-state index in [0.717, 1.165) is 18.5 Å². The lowest BCUT2D eigenvalue weighted by Gasteiger charge is -2.09. The summed E-state index contributed by atoms with van der Waals surface area (Å²) < 4.78 is 20.7. The van der Waals surface area contributed by atoms with Gasteiger partial charge in [0.1, 0.15) is 17.1 Å². The summed E-state index contributed by atoms with van der Waals surface area (Å²) >= 11 is 5.87. The van der Waals surface area contributed by atoms with Crippen molar-refractivity contribution >= 4 is 17.2 Å². The summed E-state index contributed by atoms with van der Waals surface area (Å²) in [6.45, 7) is 1.68. The van der Waals surface area contributed by atoms with Crippen LogP contribution in [-0.2, 0) is 6.42 Å². The van der Waals surface area contributed by atoms with Crippen molar-refractivity contribution in [1.82, 2.24) is 19.6 Å². The van der Waals surface area contributed by atoms with E-state index in [-0.39, 0.29) is 5.15 Å². The van der Waals surface area contributed by atoms with E-state index in [0.29, 0.717) is 40.8 Å². The highest BCUT2D eigenvalue weighted by atomic mass is 35.5. The molecule has 3 aromatic heterocycles. The smallest absolute Gasteiger partial charge is 0.165 e. The standard InChI is InChI=1S/C18H18ClFN4O2/c1-9(25)7-13-17(12-6-5-11(20)18(19)22-12)24-15(21-13)8-14(26-2)16(23-24)10-3-4-10/h5-6,8-10,25H,3-4,7H2,1-2H3. The summed E-state index contributed by atoms with van der Waals surface area (Å²) in [5.41, 5.74) is 3.14. The molecule has 4 rings (SSSR count). The number of methoxy groups -OCH3 is 1. The van der Waals surface area contributed by atoms with Gasteiger partial charge in [0.2, 0.25) is 0 Å². The first-order valence-corrected chi connectivity index (χ1v) is 8.82. The predicted octanol–water partition coefficient (Wildman–Crippen LogP) is 3.39. The van der Waals surface area contributed by atoms with Crippen molar-refractivity contribution < 1.29 is 14.2 Å². The molecule has 1 fully saturated rings. The fraction of sp³-hybridized carbons (Fsp3) is 0.389. The molecule has 1 saturated carbocycles.